The number of aromatic nitrogens is 2. The Morgan fingerprint density at radius 3 is 2.74 bits per heavy atom. The van der Waals surface area contributed by atoms with Gasteiger partial charge in [0.25, 0.3) is 5.91 Å². The molecule has 1 aliphatic rings. The predicted molar refractivity (Wildman–Crippen MR) is 84.6 cm³/mol. The molecule has 0 spiro atoms. The lowest BCUT2D eigenvalue weighted by Gasteiger charge is -2.25. The number of hydrogen-bond acceptors (Lipinski definition) is 5. The number of ether oxygens (including phenoxy) is 2. The summed E-state index contributed by atoms with van der Waals surface area (Å²) in [5.74, 6) is 1.26. The Morgan fingerprint density at radius 1 is 1.22 bits per heavy atom. The normalized spacial score (nSPS) is 17.1. The van der Waals surface area contributed by atoms with Crippen molar-refractivity contribution in [3.63, 3.8) is 0 Å². The summed E-state index contributed by atoms with van der Waals surface area (Å²) in [7, 11) is 3.22. The van der Waals surface area contributed by atoms with Gasteiger partial charge in [0.2, 0.25) is 0 Å². The lowest BCUT2D eigenvalue weighted by atomic mass is 10.0. The van der Waals surface area contributed by atoms with Crippen LogP contribution in [0.1, 0.15) is 34.9 Å². The topological polar surface area (TPSA) is 64.5 Å². The average molecular weight is 313 g/mol. The van der Waals surface area contributed by atoms with Gasteiger partial charge in [0.1, 0.15) is 5.69 Å². The molecule has 23 heavy (non-hydrogen) atoms. The van der Waals surface area contributed by atoms with E-state index in [1.165, 1.54) is 12.4 Å². The van der Waals surface area contributed by atoms with Gasteiger partial charge in [-0.05, 0) is 30.5 Å². The summed E-state index contributed by atoms with van der Waals surface area (Å²) >= 11 is 0. The second kappa shape index (κ2) is 6.64. The largest absolute Gasteiger partial charge is 0.493 e. The Kier molecular flexibility index (Phi) is 4.41. The number of hydrogen-bond donors (Lipinski definition) is 0. The van der Waals surface area contributed by atoms with Crippen molar-refractivity contribution in [2.45, 2.75) is 18.9 Å². The van der Waals surface area contributed by atoms with Crippen molar-refractivity contribution < 1.29 is 14.3 Å². The van der Waals surface area contributed by atoms with Gasteiger partial charge in [0.05, 0.1) is 26.5 Å². The number of carbonyl (C=O) groups is 1. The summed E-state index contributed by atoms with van der Waals surface area (Å²) in [6.45, 7) is 0.717. The van der Waals surface area contributed by atoms with Crippen LogP contribution in [-0.4, -0.2) is 41.5 Å². The van der Waals surface area contributed by atoms with Crippen LogP contribution in [0.25, 0.3) is 0 Å². The van der Waals surface area contributed by atoms with Crippen LogP contribution in [-0.2, 0) is 0 Å². The number of benzene rings is 1. The van der Waals surface area contributed by atoms with Crippen LogP contribution in [0.3, 0.4) is 0 Å². The van der Waals surface area contributed by atoms with Crippen LogP contribution in [0.2, 0.25) is 0 Å². The zero-order valence-electron chi connectivity index (χ0n) is 13.2. The zero-order chi connectivity index (χ0) is 16.2. The molecule has 6 heteroatoms. The molecule has 0 unspecified atom stereocenters. The van der Waals surface area contributed by atoms with Gasteiger partial charge >= 0.3 is 0 Å². The van der Waals surface area contributed by atoms with E-state index in [1.54, 1.807) is 20.4 Å². The molecule has 0 saturated carbocycles. The molecular formula is C17H19N3O3. The quantitative estimate of drug-likeness (QED) is 0.867. The predicted octanol–water partition coefficient (Wildman–Crippen LogP) is 2.47. The third-order valence-electron chi connectivity index (χ3n) is 4.09. The molecule has 1 aromatic carbocycles. The summed E-state index contributed by atoms with van der Waals surface area (Å²) in [6, 6.07) is 5.81. The lowest BCUT2D eigenvalue weighted by Crippen LogP contribution is -2.31. The Bertz CT molecular complexity index is 691. The molecule has 1 aliphatic heterocycles. The van der Waals surface area contributed by atoms with Crippen LogP contribution in [0.15, 0.2) is 36.8 Å². The van der Waals surface area contributed by atoms with Crippen LogP contribution in [0, 0.1) is 0 Å². The van der Waals surface area contributed by atoms with Crippen LogP contribution < -0.4 is 9.47 Å². The second-order valence-corrected chi connectivity index (χ2v) is 5.36. The first-order valence-electron chi connectivity index (χ1n) is 7.53. The van der Waals surface area contributed by atoms with Gasteiger partial charge in [-0.2, -0.15) is 0 Å². The van der Waals surface area contributed by atoms with Crippen LogP contribution in [0.4, 0.5) is 0 Å². The molecule has 1 fully saturated rings. The fraction of sp³-hybridized carbons (Fsp3) is 0.353. The van der Waals surface area contributed by atoms with Crippen molar-refractivity contribution in [1.29, 1.82) is 0 Å². The van der Waals surface area contributed by atoms with Crippen molar-refractivity contribution >= 4 is 5.91 Å². The highest BCUT2D eigenvalue weighted by Crippen LogP contribution is 2.37. The highest BCUT2D eigenvalue weighted by atomic mass is 16.5. The number of carbonyl (C=O) groups excluding carboxylic acids is 1. The fourth-order valence-electron chi connectivity index (χ4n) is 2.97. The second-order valence-electron chi connectivity index (χ2n) is 5.36. The maximum Gasteiger partial charge on any atom is 0.274 e. The number of methoxy groups -OCH3 is 2. The van der Waals surface area contributed by atoms with Crippen molar-refractivity contribution in [2.24, 2.45) is 0 Å². The van der Waals surface area contributed by atoms with Gasteiger partial charge in [-0.25, -0.2) is 4.98 Å². The molecule has 6 nitrogen and oxygen atoms in total. The van der Waals surface area contributed by atoms with E-state index in [4.69, 9.17) is 9.47 Å². The van der Waals surface area contributed by atoms with Gasteiger partial charge in [0.15, 0.2) is 11.5 Å². The molecular weight excluding hydrogens is 294 g/mol. The fourth-order valence-corrected chi connectivity index (χ4v) is 2.97. The molecule has 0 radical (unpaired) electrons. The third kappa shape index (κ3) is 2.97. The molecule has 1 atom stereocenters. The standard InChI is InChI=1S/C17H19N3O3/c1-22-15-6-5-12(10-16(15)23-2)14-4-3-9-20(14)17(21)13-11-18-7-8-19-13/h5-8,10-11,14H,3-4,9H2,1-2H3/t14-/m1/s1. The monoisotopic (exact) mass is 313 g/mol. The molecule has 1 saturated heterocycles. The van der Waals surface area contributed by atoms with Gasteiger partial charge in [0, 0.05) is 18.9 Å². The van der Waals surface area contributed by atoms with E-state index in [9.17, 15) is 4.79 Å². The first-order valence-corrected chi connectivity index (χ1v) is 7.53. The molecule has 1 amide bonds. The van der Waals surface area contributed by atoms with Crippen molar-refractivity contribution in [3.8, 4) is 11.5 Å². The van der Waals surface area contributed by atoms with E-state index in [0.717, 1.165) is 18.4 Å². The van der Waals surface area contributed by atoms with Gasteiger partial charge in [-0.1, -0.05) is 6.07 Å². The minimum absolute atomic E-state index is 0.0179. The Labute approximate surface area is 135 Å². The van der Waals surface area contributed by atoms with E-state index >= 15 is 0 Å². The van der Waals surface area contributed by atoms with E-state index in [0.29, 0.717) is 23.7 Å². The van der Waals surface area contributed by atoms with E-state index in [2.05, 4.69) is 9.97 Å². The molecule has 0 bridgehead atoms. The summed E-state index contributed by atoms with van der Waals surface area (Å²) in [6.07, 6.45) is 6.49. The summed E-state index contributed by atoms with van der Waals surface area (Å²) in [4.78, 5) is 22.6. The Balaban J connectivity index is 1.88. The number of rotatable bonds is 4. The van der Waals surface area contributed by atoms with E-state index < -0.39 is 0 Å². The van der Waals surface area contributed by atoms with E-state index in [1.807, 2.05) is 23.1 Å². The molecule has 0 aliphatic carbocycles. The smallest absolute Gasteiger partial charge is 0.274 e. The highest BCUT2D eigenvalue weighted by Gasteiger charge is 2.31. The SMILES string of the molecule is COc1ccc([C@H]2CCCN2C(=O)c2cnccn2)cc1OC. The molecule has 2 heterocycles. The third-order valence-corrected chi connectivity index (χ3v) is 4.09. The van der Waals surface area contributed by atoms with Crippen LogP contribution >= 0.6 is 0 Å². The first kappa shape index (κ1) is 15.3. The Morgan fingerprint density at radius 2 is 2.04 bits per heavy atom. The average Bonchev–Trinajstić information content (AvgIpc) is 3.10. The first-order chi connectivity index (χ1) is 11.2. The maximum atomic E-state index is 12.7. The highest BCUT2D eigenvalue weighted by molar-refractivity contribution is 5.92. The van der Waals surface area contributed by atoms with Gasteiger partial charge < -0.3 is 14.4 Å². The minimum Gasteiger partial charge on any atom is -0.493 e. The molecule has 3 rings (SSSR count). The zero-order valence-corrected chi connectivity index (χ0v) is 13.2. The Hall–Kier alpha value is -2.63. The summed E-state index contributed by atoms with van der Waals surface area (Å²) in [5.41, 5.74) is 1.41. The van der Waals surface area contributed by atoms with Crippen molar-refractivity contribution in [3.05, 3.63) is 48.0 Å². The minimum atomic E-state index is -0.0876. The summed E-state index contributed by atoms with van der Waals surface area (Å²) < 4.78 is 10.6. The van der Waals surface area contributed by atoms with E-state index in [-0.39, 0.29) is 11.9 Å². The van der Waals surface area contributed by atoms with Crippen molar-refractivity contribution in [1.82, 2.24) is 14.9 Å². The number of nitrogens with zero attached hydrogens (tertiary/aromatic N) is 3. The molecule has 1 aromatic heterocycles. The molecule has 2 aromatic rings. The number of likely N-dealkylation sites (tertiary alicyclic amines) is 1. The lowest BCUT2D eigenvalue weighted by molar-refractivity contribution is 0.0729. The van der Waals surface area contributed by atoms with Crippen LogP contribution in [0.5, 0.6) is 11.5 Å². The van der Waals surface area contributed by atoms with Gasteiger partial charge in [-0.15, -0.1) is 0 Å². The number of amides is 1. The maximum absolute atomic E-state index is 12.7. The summed E-state index contributed by atoms with van der Waals surface area (Å²) in [5, 5.41) is 0. The van der Waals surface area contributed by atoms with Crippen molar-refractivity contribution in [2.75, 3.05) is 20.8 Å². The molecule has 0 N–H and O–H groups in total. The van der Waals surface area contributed by atoms with Gasteiger partial charge in [-0.3, -0.25) is 9.78 Å². The molecule has 120 valence electrons.